The van der Waals surface area contributed by atoms with Gasteiger partial charge >= 0.3 is 0 Å². The molecule has 3 aromatic heterocycles. The van der Waals surface area contributed by atoms with E-state index in [-0.39, 0.29) is 35.2 Å². The average Bonchev–Trinajstić information content (AvgIpc) is 3.97. The number of fused-ring (bicyclic) bond motifs is 1. The van der Waals surface area contributed by atoms with E-state index in [0.717, 1.165) is 50.5 Å². The van der Waals surface area contributed by atoms with E-state index in [1.165, 1.54) is 61.2 Å². The third-order valence-electron chi connectivity index (χ3n) is 14.4. The molecule has 348 valence electrons. The summed E-state index contributed by atoms with van der Waals surface area (Å²) in [5.74, 6) is 0.302. The Hall–Kier alpha value is -5.66. The maximum Gasteiger partial charge on any atom is 0.293 e. The molecule has 5 fully saturated rings. The van der Waals surface area contributed by atoms with Gasteiger partial charge in [-0.25, -0.2) is 18.1 Å². The Balaban J connectivity index is 0.828. The van der Waals surface area contributed by atoms with Crippen molar-refractivity contribution in [1.82, 2.24) is 29.5 Å². The summed E-state index contributed by atoms with van der Waals surface area (Å²) in [7, 11) is -4.61. The summed E-state index contributed by atoms with van der Waals surface area (Å²) >= 11 is 0. The molecular formula is C48H57N9O8S. The summed E-state index contributed by atoms with van der Waals surface area (Å²) in [5, 5.41) is 16.1. The summed E-state index contributed by atoms with van der Waals surface area (Å²) in [4.78, 5) is 44.7. The van der Waals surface area contributed by atoms with E-state index in [1.54, 1.807) is 18.3 Å². The zero-order chi connectivity index (χ0) is 45.6. The normalized spacial score (nSPS) is 21.8. The lowest BCUT2D eigenvalue weighted by Crippen LogP contribution is -2.56. The van der Waals surface area contributed by atoms with Crippen LogP contribution in [0.4, 0.5) is 17.2 Å². The van der Waals surface area contributed by atoms with E-state index in [2.05, 4.69) is 72.8 Å². The number of aromatic amines is 1. The fourth-order valence-corrected chi connectivity index (χ4v) is 11.7. The lowest BCUT2D eigenvalue weighted by Gasteiger charge is -2.56. The smallest absolute Gasteiger partial charge is 0.293 e. The molecule has 1 saturated carbocycles. The highest BCUT2D eigenvalue weighted by Crippen LogP contribution is 2.54. The van der Waals surface area contributed by atoms with Crippen LogP contribution in [0.25, 0.3) is 11.0 Å². The van der Waals surface area contributed by atoms with Gasteiger partial charge in [-0.05, 0) is 104 Å². The fraction of sp³-hybridized carbons (Fsp3) is 0.479. The molecule has 1 spiro atoms. The molecule has 10 rings (SSSR count). The number of carbonyl (C=O) groups excluding carboxylic acids is 1. The Bertz CT molecular complexity index is 2710. The molecule has 5 aliphatic rings. The maximum atomic E-state index is 14.0. The maximum absolute atomic E-state index is 14.0. The minimum atomic E-state index is -4.61. The molecule has 17 nitrogen and oxygen atoms in total. The number of aromatic nitrogens is 3. The van der Waals surface area contributed by atoms with Crippen molar-refractivity contribution >= 4 is 44.2 Å². The first-order valence-corrected chi connectivity index (χ1v) is 24.6. The Labute approximate surface area is 384 Å². The molecule has 2 aromatic carbocycles. The number of hydrogen-bond acceptors (Lipinski definition) is 14. The van der Waals surface area contributed by atoms with Crippen LogP contribution >= 0.6 is 0 Å². The van der Waals surface area contributed by atoms with Gasteiger partial charge in [-0.1, -0.05) is 38.1 Å². The summed E-state index contributed by atoms with van der Waals surface area (Å²) < 4.78 is 47.1. The summed E-state index contributed by atoms with van der Waals surface area (Å²) in [6.45, 7) is 10.8. The van der Waals surface area contributed by atoms with Crippen molar-refractivity contribution in [2.75, 3.05) is 69.3 Å². The van der Waals surface area contributed by atoms with Crippen molar-refractivity contribution < 1.29 is 32.3 Å². The number of nitro groups is 1. The number of morpholine rings is 1. The number of sulfonamides is 1. The van der Waals surface area contributed by atoms with Crippen LogP contribution in [0.3, 0.4) is 0 Å². The molecule has 1 amide bonds. The Morgan fingerprint density at radius 2 is 1.85 bits per heavy atom. The largest absolute Gasteiger partial charge is 0.436 e. The first kappa shape index (κ1) is 44.2. The molecule has 4 saturated heterocycles. The average molecular weight is 920 g/mol. The number of hydrogen-bond donors (Lipinski definition) is 3. The predicted octanol–water partition coefficient (Wildman–Crippen LogP) is 7.00. The number of nitro benzene ring substituents is 1. The van der Waals surface area contributed by atoms with Crippen LogP contribution in [0.5, 0.6) is 11.6 Å². The molecule has 2 unspecified atom stereocenters. The number of pyridine rings is 2. The van der Waals surface area contributed by atoms with Gasteiger partial charge in [0.05, 0.1) is 48.0 Å². The standard InChI is InChI=1S/C48H57N9O8S/c1-31(2)38-6-3-4-7-39(38)42-8-5-17-56(42)33-24-48(25-33)14-18-54(19-15-48)44-12-10-40(47(52-44)65-35-22-32-13-16-49-45(32)51-26-35)46(58)53-66(61,62)37-9-11-41(43(23-37)57(59)60)50-27-36-28-55(20-21-64-36)34-29-63-30-34/h3-4,6-7,9-13,16,22-23,26,31,33-34,36,42,50H,5,8,14-15,17-21,24-25,27-30H2,1-2H3,(H,49,51)(H,53,58). The number of carbonyl (C=O) groups is 1. The first-order valence-electron chi connectivity index (χ1n) is 23.2. The second-order valence-corrected chi connectivity index (χ2v) is 20.6. The minimum absolute atomic E-state index is 0.0958. The van der Waals surface area contributed by atoms with Crippen molar-refractivity contribution in [1.29, 1.82) is 0 Å². The van der Waals surface area contributed by atoms with Gasteiger partial charge in [0, 0.05) is 62.5 Å². The van der Waals surface area contributed by atoms with E-state index < -0.39 is 31.4 Å². The number of anilines is 2. The highest BCUT2D eigenvalue weighted by Gasteiger charge is 2.50. The van der Waals surface area contributed by atoms with Crippen LogP contribution in [-0.4, -0.2) is 121 Å². The van der Waals surface area contributed by atoms with E-state index in [1.807, 2.05) is 6.07 Å². The predicted molar refractivity (Wildman–Crippen MR) is 249 cm³/mol. The second kappa shape index (κ2) is 18.2. The van der Waals surface area contributed by atoms with Crippen molar-refractivity contribution in [3.05, 3.63) is 106 Å². The zero-order valence-corrected chi connectivity index (χ0v) is 38.2. The van der Waals surface area contributed by atoms with Gasteiger partial charge in [0.15, 0.2) is 0 Å². The SMILES string of the molecule is CC(C)c1ccccc1C1CCCN1C1CC2(CCN(c3ccc(C(=O)NS(=O)(=O)c4ccc(NCC5CN(C6COC6)CCO5)c([N+](=O)[O-])c4)c(Oc4cnc5[nH]ccc5c4)n3)CC2)C1. The topological polar surface area (TPSA) is 197 Å². The first-order chi connectivity index (χ1) is 31.9. The quantitative estimate of drug-likeness (QED) is 0.0761. The molecule has 0 radical (unpaired) electrons. The summed E-state index contributed by atoms with van der Waals surface area (Å²) in [6, 6.07) is 20.7. The lowest BCUT2D eigenvalue weighted by molar-refractivity contribution is -0.384. The summed E-state index contributed by atoms with van der Waals surface area (Å²) in [5.41, 5.74) is 3.41. The van der Waals surface area contributed by atoms with Crippen LogP contribution in [0.1, 0.15) is 85.8 Å². The molecule has 66 heavy (non-hydrogen) atoms. The van der Waals surface area contributed by atoms with Crippen molar-refractivity contribution in [2.24, 2.45) is 5.41 Å². The Kier molecular flexibility index (Phi) is 12.2. The van der Waals surface area contributed by atoms with Crippen LogP contribution in [-0.2, 0) is 19.5 Å². The van der Waals surface area contributed by atoms with Crippen molar-refractivity contribution in [2.45, 2.75) is 87.4 Å². The third-order valence-corrected chi connectivity index (χ3v) is 15.8. The molecule has 18 heteroatoms. The van der Waals surface area contributed by atoms with E-state index in [4.69, 9.17) is 19.2 Å². The number of nitrogens with one attached hydrogen (secondary N) is 3. The number of rotatable bonds is 14. The molecule has 2 atom stereocenters. The molecule has 5 aromatic rings. The number of piperidine rings is 1. The van der Waals surface area contributed by atoms with Gasteiger partial charge in [-0.15, -0.1) is 0 Å². The van der Waals surface area contributed by atoms with Crippen LogP contribution in [0.15, 0.2) is 84.0 Å². The zero-order valence-electron chi connectivity index (χ0n) is 37.4. The van der Waals surface area contributed by atoms with E-state index in [9.17, 15) is 23.3 Å². The number of benzene rings is 2. The monoisotopic (exact) mass is 919 g/mol. The molecule has 0 bridgehead atoms. The lowest BCUT2D eigenvalue weighted by atomic mass is 9.60. The number of H-pyrrole nitrogens is 1. The van der Waals surface area contributed by atoms with Crippen LogP contribution < -0.4 is 19.7 Å². The molecular weight excluding hydrogens is 863 g/mol. The van der Waals surface area contributed by atoms with Crippen LogP contribution in [0.2, 0.25) is 0 Å². The Morgan fingerprint density at radius 1 is 1.03 bits per heavy atom. The van der Waals surface area contributed by atoms with E-state index >= 15 is 0 Å². The van der Waals surface area contributed by atoms with E-state index in [0.29, 0.717) is 67.6 Å². The molecule has 4 aliphatic heterocycles. The van der Waals surface area contributed by atoms with Gasteiger partial charge in [-0.2, -0.15) is 4.98 Å². The van der Waals surface area contributed by atoms with Crippen molar-refractivity contribution in [3.63, 3.8) is 0 Å². The summed E-state index contributed by atoms with van der Waals surface area (Å²) in [6.07, 6.45) is 9.84. The van der Waals surface area contributed by atoms with Gasteiger partial charge in [-0.3, -0.25) is 24.7 Å². The highest BCUT2D eigenvalue weighted by molar-refractivity contribution is 7.90. The number of likely N-dealkylation sites (tertiary alicyclic amines) is 1. The second-order valence-electron chi connectivity index (χ2n) is 18.9. The fourth-order valence-electron chi connectivity index (χ4n) is 10.7. The molecule has 1 aliphatic carbocycles. The number of ether oxygens (including phenoxy) is 3. The number of nitrogens with zero attached hydrogens (tertiary/aromatic N) is 6. The van der Waals surface area contributed by atoms with Crippen LogP contribution in [0, 0.1) is 15.5 Å². The Morgan fingerprint density at radius 3 is 2.62 bits per heavy atom. The van der Waals surface area contributed by atoms with Crippen molar-refractivity contribution in [3.8, 4) is 11.6 Å². The van der Waals surface area contributed by atoms with Gasteiger partial charge in [0.1, 0.15) is 28.5 Å². The highest BCUT2D eigenvalue weighted by atomic mass is 32.2. The molecule has 7 heterocycles. The van der Waals surface area contributed by atoms with Gasteiger partial charge in [0.25, 0.3) is 21.6 Å². The molecule has 3 N–H and O–H groups in total. The van der Waals surface area contributed by atoms with Gasteiger partial charge < -0.3 is 29.4 Å². The minimum Gasteiger partial charge on any atom is -0.436 e. The third kappa shape index (κ3) is 8.96. The number of amides is 1. The van der Waals surface area contributed by atoms with Gasteiger partial charge in [0.2, 0.25) is 5.88 Å².